The zero-order chi connectivity index (χ0) is 10.0. The molecule has 1 aromatic carbocycles. The number of nitriles is 1. The number of nitro benzene ring substituents is 1. The molecule has 1 rings (SSSR count). The maximum atomic E-state index is 10.5. The van der Waals surface area contributed by atoms with Gasteiger partial charge in [-0.3, -0.25) is 10.1 Å². The van der Waals surface area contributed by atoms with Crippen LogP contribution in [0.2, 0.25) is 0 Å². The number of hydrogen-bond acceptors (Lipinski definition) is 3. The maximum Gasteiger partial charge on any atom is 0.273 e. The summed E-state index contributed by atoms with van der Waals surface area (Å²) in [6, 6.07) is 4.91. The molecular formula is C8H5IN2O2. The van der Waals surface area contributed by atoms with Crippen molar-refractivity contribution in [3.63, 3.8) is 0 Å². The average molecular weight is 288 g/mol. The molecule has 0 N–H and O–H groups in total. The summed E-state index contributed by atoms with van der Waals surface area (Å²) in [7, 11) is 0. The van der Waals surface area contributed by atoms with E-state index in [1.54, 1.807) is 6.92 Å². The zero-order valence-electron chi connectivity index (χ0n) is 6.74. The number of nitrogens with zero attached hydrogens (tertiary/aromatic N) is 2. The molecule has 0 aliphatic carbocycles. The van der Waals surface area contributed by atoms with Crippen LogP contribution >= 0.6 is 22.6 Å². The van der Waals surface area contributed by atoms with Crippen LogP contribution in [0.3, 0.4) is 0 Å². The highest BCUT2D eigenvalue weighted by atomic mass is 127. The summed E-state index contributed by atoms with van der Waals surface area (Å²) in [5.41, 5.74) is 1.05. The smallest absolute Gasteiger partial charge is 0.258 e. The van der Waals surface area contributed by atoms with E-state index < -0.39 is 4.92 Å². The summed E-state index contributed by atoms with van der Waals surface area (Å²) < 4.78 is 0.609. The van der Waals surface area contributed by atoms with E-state index in [0.717, 1.165) is 0 Å². The summed E-state index contributed by atoms with van der Waals surface area (Å²) in [5, 5.41) is 19.1. The third-order valence-electron chi connectivity index (χ3n) is 1.60. The molecule has 13 heavy (non-hydrogen) atoms. The fourth-order valence-electron chi connectivity index (χ4n) is 0.953. The summed E-state index contributed by atoms with van der Waals surface area (Å²) in [6.07, 6.45) is 0. The van der Waals surface area contributed by atoms with Gasteiger partial charge in [-0.2, -0.15) is 5.26 Å². The minimum Gasteiger partial charge on any atom is -0.258 e. The van der Waals surface area contributed by atoms with Crippen LogP contribution < -0.4 is 0 Å². The van der Waals surface area contributed by atoms with Crippen molar-refractivity contribution in [3.8, 4) is 6.07 Å². The quantitative estimate of drug-likeness (QED) is 0.452. The van der Waals surface area contributed by atoms with Crippen LogP contribution in [0.4, 0.5) is 5.69 Å². The van der Waals surface area contributed by atoms with Gasteiger partial charge < -0.3 is 0 Å². The lowest BCUT2D eigenvalue weighted by atomic mass is 10.1. The Kier molecular flexibility index (Phi) is 2.83. The van der Waals surface area contributed by atoms with Crippen LogP contribution in [0, 0.1) is 31.9 Å². The summed E-state index contributed by atoms with van der Waals surface area (Å²) in [6.45, 7) is 1.62. The molecule has 0 unspecified atom stereocenters. The highest BCUT2D eigenvalue weighted by molar-refractivity contribution is 14.1. The third kappa shape index (κ3) is 1.95. The zero-order valence-corrected chi connectivity index (χ0v) is 8.90. The second kappa shape index (κ2) is 3.70. The molecule has 0 amide bonds. The molecule has 0 spiro atoms. The largest absolute Gasteiger partial charge is 0.273 e. The molecule has 0 bridgehead atoms. The van der Waals surface area contributed by atoms with Gasteiger partial charge in [0, 0.05) is 15.2 Å². The van der Waals surface area contributed by atoms with Crippen molar-refractivity contribution in [3.05, 3.63) is 36.9 Å². The van der Waals surface area contributed by atoms with E-state index in [0.29, 0.717) is 14.7 Å². The van der Waals surface area contributed by atoms with E-state index >= 15 is 0 Å². The number of halogens is 1. The molecule has 0 saturated carbocycles. The molecule has 0 saturated heterocycles. The van der Waals surface area contributed by atoms with Crippen molar-refractivity contribution in [2.75, 3.05) is 0 Å². The number of rotatable bonds is 1. The first-order valence-electron chi connectivity index (χ1n) is 3.41. The van der Waals surface area contributed by atoms with Gasteiger partial charge in [0.1, 0.15) is 6.07 Å². The highest BCUT2D eigenvalue weighted by Crippen LogP contribution is 2.23. The van der Waals surface area contributed by atoms with Gasteiger partial charge in [0.15, 0.2) is 0 Å². The van der Waals surface area contributed by atoms with Gasteiger partial charge in [-0.1, -0.05) is 0 Å². The van der Waals surface area contributed by atoms with E-state index in [1.807, 2.05) is 28.7 Å². The Morgan fingerprint density at radius 1 is 1.62 bits per heavy atom. The Balaban J connectivity index is 3.39. The Morgan fingerprint density at radius 2 is 2.23 bits per heavy atom. The van der Waals surface area contributed by atoms with Crippen LogP contribution in [0.1, 0.15) is 11.1 Å². The van der Waals surface area contributed by atoms with E-state index in [9.17, 15) is 10.1 Å². The van der Waals surface area contributed by atoms with Crippen LogP contribution in [-0.2, 0) is 0 Å². The topological polar surface area (TPSA) is 66.9 Å². The number of nitro groups is 1. The van der Waals surface area contributed by atoms with Crippen LogP contribution in [0.25, 0.3) is 0 Å². The van der Waals surface area contributed by atoms with E-state index in [2.05, 4.69) is 0 Å². The minimum atomic E-state index is -0.446. The van der Waals surface area contributed by atoms with Gasteiger partial charge in [-0.15, -0.1) is 0 Å². The molecule has 0 heterocycles. The summed E-state index contributed by atoms with van der Waals surface area (Å²) in [5.74, 6) is 0. The number of hydrogen-bond donors (Lipinski definition) is 0. The molecule has 1 aromatic rings. The molecule has 0 aromatic heterocycles. The third-order valence-corrected chi connectivity index (χ3v) is 2.50. The van der Waals surface area contributed by atoms with Gasteiger partial charge >= 0.3 is 0 Å². The summed E-state index contributed by atoms with van der Waals surface area (Å²) in [4.78, 5) is 10.0. The second-order valence-corrected chi connectivity index (χ2v) is 3.65. The first kappa shape index (κ1) is 9.92. The van der Waals surface area contributed by atoms with Gasteiger partial charge in [0.25, 0.3) is 5.69 Å². The number of benzene rings is 1. The Morgan fingerprint density at radius 3 is 2.69 bits per heavy atom. The van der Waals surface area contributed by atoms with E-state index in [-0.39, 0.29) is 5.69 Å². The van der Waals surface area contributed by atoms with Crippen molar-refractivity contribution in [2.45, 2.75) is 6.92 Å². The fraction of sp³-hybridized carbons (Fsp3) is 0.125. The lowest BCUT2D eigenvalue weighted by Gasteiger charge is -1.99. The average Bonchev–Trinajstić information content (AvgIpc) is 2.07. The molecule has 66 valence electrons. The minimum absolute atomic E-state index is 0.0587. The predicted octanol–water partition coefficient (Wildman–Crippen LogP) is 2.38. The second-order valence-electron chi connectivity index (χ2n) is 2.49. The molecule has 5 heteroatoms. The maximum absolute atomic E-state index is 10.5. The lowest BCUT2D eigenvalue weighted by Crippen LogP contribution is -1.94. The van der Waals surface area contributed by atoms with Gasteiger partial charge in [-0.25, -0.2) is 0 Å². The molecular weight excluding hydrogens is 283 g/mol. The van der Waals surface area contributed by atoms with Crippen molar-refractivity contribution >= 4 is 28.3 Å². The molecule has 0 aliphatic rings. The standard InChI is InChI=1S/C8H5IN2O2/c1-5-2-6(4-10)7(9)3-8(5)11(12)13/h2-3H,1H3. The molecule has 4 nitrogen and oxygen atoms in total. The van der Waals surface area contributed by atoms with Crippen molar-refractivity contribution in [1.82, 2.24) is 0 Å². The monoisotopic (exact) mass is 288 g/mol. The fourth-order valence-corrected chi connectivity index (χ4v) is 1.52. The molecule has 0 fully saturated rings. The molecule has 0 radical (unpaired) electrons. The number of aryl methyl sites for hydroxylation is 1. The van der Waals surface area contributed by atoms with Gasteiger partial charge in [0.2, 0.25) is 0 Å². The van der Waals surface area contributed by atoms with Crippen molar-refractivity contribution < 1.29 is 4.92 Å². The van der Waals surface area contributed by atoms with E-state index in [1.165, 1.54) is 12.1 Å². The highest BCUT2D eigenvalue weighted by Gasteiger charge is 2.13. The van der Waals surface area contributed by atoms with Crippen molar-refractivity contribution in [1.29, 1.82) is 5.26 Å². The van der Waals surface area contributed by atoms with Gasteiger partial charge in [0.05, 0.1) is 10.5 Å². The predicted molar refractivity (Wildman–Crippen MR) is 55.3 cm³/mol. The normalized spacial score (nSPS) is 9.31. The van der Waals surface area contributed by atoms with Crippen LogP contribution in [0.5, 0.6) is 0 Å². The van der Waals surface area contributed by atoms with Crippen LogP contribution in [-0.4, -0.2) is 4.92 Å². The first-order valence-corrected chi connectivity index (χ1v) is 4.48. The Labute approximate surface area is 88.5 Å². The van der Waals surface area contributed by atoms with Crippen LogP contribution in [0.15, 0.2) is 12.1 Å². The molecule has 0 aliphatic heterocycles. The SMILES string of the molecule is Cc1cc(C#N)c(I)cc1[N+](=O)[O-]. The van der Waals surface area contributed by atoms with Gasteiger partial charge in [-0.05, 0) is 35.6 Å². The Bertz CT molecular complexity index is 409. The van der Waals surface area contributed by atoms with E-state index in [4.69, 9.17) is 5.26 Å². The molecule has 0 atom stereocenters. The lowest BCUT2D eigenvalue weighted by molar-refractivity contribution is -0.385. The Hall–Kier alpha value is -1.16. The first-order chi connectivity index (χ1) is 6.06. The summed E-state index contributed by atoms with van der Waals surface area (Å²) >= 11 is 1.91. The van der Waals surface area contributed by atoms with Crippen molar-refractivity contribution in [2.24, 2.45) is 0 Å².